The predicted octanol–water partition coefficient (Wildman–Crippen LogP) is 1.59. The molecule has 0 aliphatic heterocycles. The van der Waals surface area contributed by atoms with Crippen molar-refractivity contribution < 1.29 is 4.74 Å². The summed E-state index contributed by atoms with van der Waals surface area (Å²) in [5, 5.41) is 0. The summed E-state index contributed by atoms with van der Waals surface area (Å²) >= 11 is 0. The normalized spacial score (nSPS) is 10.5. The second kappa shape index (κ2) is 4.70. The molecule has 0 spiro atoms. The van der Waals surface area contributed by atoms with E-state index in [1.807, 2.05) is 29.1 Å². The molecule has 0 atom stereocenters. The number of imidazole rings is 1. The first-order valence-electron chi connectivity index (χ1n) is 4.81. The van der Waals surface area contributed by atoms with E-state index >= 15 is 0 Å². The van der Waals surface area contributed by atoms with E-state index in [9.17, 15) is 0 Å². The van der Waals surface area contributed by atoms with Crippen molar-refractivity contribution in [2.75, 3.05) is 13.7 Å². The van der Waals surface area contributed by atoms with Crippen molar-refractivity contribution in [3.63, 3.8) is 0 Å². The Bertz CT molecular complexity index is 411. The zero-order chi connectivity index (χ0) is 10.5. The molecule has 2 heterocycles. The number of aromatic nitrogens is 3. The minimum absolute atomic E-state index is 0.697. The molecular formula is C11H13N3O. The number of pyridine rings is 1. The van der Waals surface area contributed by atoms with Crippen LogP contribution in [0, 0.1) is 0 Å². The molecule has 0 saturated heterocycles. The highest BCUT2D eigenvalue weighted by Gasteiger charge is 2.00. The molecule has 0 saturated carbocycles. The van der Waals surface area contributed by atoms with E-state index in [4.69, 9.17) is 4.74 Å². The third kappa shape index (κ3) is 2.41. The molecule has 0 aliphatic carbocycles. The number of hydrogen-bond acceptors (Lipinski definition) is 3. The molecule has 4 nitrogen and oxygen atoms in total. The number of ether oxygens (including phenoxy) is 1. The fraction of sp³-hybridized carbons (Fsp3) is 0.273. The van der Waals surface area contributed by atoms with Crippen molar-refractivity contribution in [2.24, 2.45) is 0 Å². The van der Waals surface area contributed by atoms with Crippen molar-refractivity contribution in [3.8, 4) is 11.3 Å². The molecule has 0 amide bonds. The van der Waals surface area contributed by atoms with Gasteiger partial charge >= 0.3 is 0 Å². The molecule has 2 aromatic heterocycles. The van der Waals surface area contributed by atoms with Gasteiger partial charge in [-0.3, -0.25) is 4.98 Å². The van der Waals surface area contributed by atoms with Crippen LogP contribution in [-0.2, 0) is 11.3 Å². The summed E-state index contributed by atoms with van der Waals surface area (Å²) in [4.78, 5) is 8.37. The van der Waals surface area contributed by atoms with Gasteiger partial charge in [-0.2, -0.15) is 0 Å². The van der Waals surface area contributed by atoms with Crippen LogP contribution < -0.4 is 0 Å². The number of hydrogen-bond donors (Lipinski definition) is 0. The largest absolute Gasteiger partial charge is 0.383 e. The van der Waals surface area contributed by atoms with Gasteiger partial charge in [-0.15, -0.1) is 0 Å². The summed E-state index contributed by atoms with van der Waals surface area (Å²) in [6.07, 6.45) is 7.37. The molecule has 2 rings (SSSR count). The van der Waals surface area contributed by atoms with E-state index in [2.05, 4.69) is 9.97 Å². The topological polar surface area (TPSA) is 39.9 Å². The Morgan fingerprint density at radius 3 is 3.13 bits per heavy atom. The molecule has 0 radical (unpaired) electrons. The van der Waals surface area contributed by atoms with Crippen LogP contribution in [0.1, 0.15) is 0 Å². The van der Waals surface area contributed by atoms with Crippen molar-refractivity contribution in [2.45, 2.75) is 6.54 Å². The Balaban J connectivity index is 2.14. The molecule has 2 aromatic rings. The lowest BCUT2D eigenvalue weighted by molar-refractivity contribution is 0.187. The lowest BCUT2D eigenvalue weighted by atomic mass is 10.2. The molecule has 78 valence electrons. The zero-order valence-electron chi connectivity index (χ0n) is 8.63. The molecule has 0 aromatic carbocycles. The zero-order valence-corrected chi connectivity index (χ0v) is 8.63. The summed E-state index contributed by atoms with van der Waals surface area (Å²) in [6, 6.07) is 3.90. The van der Waals surface area contributed by atoms with Crippen LogP contribution in [0.2, 0.25) is 0 Å². The molecule has 0 bridgehead atoms. The summed E-state index contributed by atoms with van der Waals surface area (Å²) < 4.78 is 7.01. The Kier molecular flexibility index (Phi) is 3.09. The van der Waals surface area contributed by atoms with Gasteiger partial charge in [0.15, 0.2) is 0 Å². The number of rotatable bonds is 4. The summed E-state index contributed by atoms with van der Waals surface area (Å²) in [5.41, 5.74) is 1.98. The second-order valence-electron chi connectivity index (χ2n) is 3.23. The second-order valence-corrected chi connectivity index (χ2v) is 3.23. The number of nitrogens with zero attached hydrogens (tertiary/aromatic N) is 3. The minimum atomic E-state index is 0.697. The first-order chi connectivity index (χ1) is 7.40. The first kappa shape index (κ1) is 9.86. The maximum absolute atomic E-state index is 5.00. The van der Waals surface area contributed by atoms with Crippen molar-refractivity contribution >= 4 is 0 Å². The fourth-order valence-corrected chi connectivity index (χ4v) is 1.34. The van der Waals surface area contributed by atoms with Gasteiger partial charge in [0, 0.05) is 37.8 Å². The first-order valence-corrected chi connectivity index (χ1v) is 4.81. The van der Waals surface area contributed by atoms with Crippen molar-refractivity contribution in [1.82, 2.24) is 14.5 Å². The molecule has 0 fully saturated rings. The third-order valence-corrected chi connectivity index (χ3v) is 2.14. The van der Waals surface area contributed by atoms with Gasteiger partial charge in [0.25, 0.3) is 0 Å². The van der Waals surface area contributed by atoms with E-state index in [1.54, 1.807) is 19.6 Å². The highest BCUT2D eigenvalue weighted by molar-refractivity contribution is 5.56. The Hall–Kier alpha value is -1.68. The van der Waals surface area contributed by atoms with Crippen LogP contribution in [0.25, 0.3) is 11.3 Å². The monoisotopic (exact) mass is 203 g/mol. The summed E-state index contributed by atoms with van der Waals surface area (Å²) in [6.45, 7) is 1.52. The standard InChI is InChI=1S/C11H13N3O/c1-15-6-5-14-8-11(13-9-14)10-3-2-4-12-7-10/h2-4,7-9H,5-6H2,1H3. The fourth-order valence-electron chi connectivity index (χ4n) is 1.34. The van der Waals surface area contributed by atoms with Crippen molar-refractivity contribution in [3.05, 3.63) is 37.1 Å². The van der Waals surface area contributed by atoms with Crippen LogP contribution in [0.4, 0.5) is 0 Å². The van der Waals surface area contributed by atoms with E-state index in [1.165, 1.54) is 0 Å². The highest BCUT2D eigenvalue weighted by atomic mass is 16.5. The molecule has 4 heteroatoms. The summed E-state index contributed by atoms with van der Waals surface area (Å²) in [7, 11) is 1.69. The Morgan fingerprint density at radius 2 is 2.40 bits per heavy atom. The van der Waals surface area contributed by atoms with Gasteiger partial charge < -0.3 is 9.30 Å². The molecule has 0 unspecified atom stereocenters. The van der Waals surface area contributed by atoms with Crippen LogP contribution in [0.15, 0.2) is 37.1 Å². The van der Waals surface area contributed by atoms with Gasteiger partial charge in [0.1, 0.15) is 0 Å². The van der Waals surface area contributed by atoms with Crippen LogP contribution in [-0.4, -0.2) is 28.3 Å². The quantitative estimate of drug-likeness (QED) is 0.757. The lowest BCUT2D eigenvalue weighted by Crippen LogP contribution is -2.00. The van der Waals surface area contributed by atoms with Gasteiger partial charge in [0.05, 0.1) is 18.6 Å². The molecule has 0 N–H and O–H groups in total. The Labute approximate surface area is 88.6 Å². The predicted molar refractivity (Wildman–Crippen MR) is 57.3 cm³/mol. The van der Waals surface area contributed by atoms with Crippen LogP contribution >= 0.6 is 0 Å². The maximum Gasteiger partial charge on any atom is 0.0954 e. The van der Waals surface area contributed by atoms with Gasteiger partial charge in [0.2, 0.25) is 0 Å². The van der Waals surface area contributed by atoms with Gasteiger partial charge in [-0.1, -0.05) is 0 Å². The van der Waals surface area contributed by atoms with Crippen molar-refractivity contribution in [1.29, 1.82) is 0 Å². The lowest BCUT2D eigenvalue weighted by Gasteiger charge is -1.98. The molecular weight excluding hydrogens is 190 g/mol. The highest BCUT2D eigenvalue weighted by Crippen LogP contribution is 2.14. The maximum atomic E-state index is 5.00. The van der Waals surface area contributed by atoms with Gasteiger partial charge in [-0.05, 0) is 12.1 Å². The molecule has 0 aliphatic rings. The average Bonchev–Trinajstić information content (AvgIpc) is 2.76. The SMILES string of the molecule is COCCn1cnc(-c2cccnc2)c1. The Morgan fingerprint density at radius 1 is 1.47 bits per heavy atom. The minimum Gasteiger partial charge on any atom is -0.383 e. The summed E-state index contributed by atoms with van der Waals surface area (Å²) in [5.74, 6) is 0. The van der Waals surface area contributed by atoms with E-state index < -0.39 is 0 Å². The third-order valence-electron chi connectivity index (χ3n) is 2.14. The molecule has 15 heavy (non-hydrogen) atoms. The van der Waals surface area contributed by atoms with Gasteiger partial charge in [-0.25, -0.2) is 4.98 Å². The van der Waals surface area contributed by atoms with E-state index in [-0.39, 0.29) is 0 Å². The number of methoxy groups -OCH3 is 1. The smallest absolute Gasteiger partial charge is 0.0954 e. The van der Waals surface area contributed by atoms with E-state index in [0.717, 1.165) is 17.8 Å². The van der Waals surface area contributed by atoms with E-state index in [0.29, 0.717) is 6.61 Å². The average molecular weight is 203 g/mol. The van der Waals surface area contributed by atoms with Crippen LogP contribution in [0.3, 0.4) is 0 Å². The van der Waals surface area contributed by atoms with Crippen LogP contribution in [0.5, 0.6) is 0 Å².